The molecule has 0 bridgehead atoms. The Morgan fingerprint density at radius 2 is 1.75 bits per heavy atom. The molecular formula is C27H18Cl2N4O2S. The smallest absolute Gasteiger partial charge is 0.250 e. The van der Waals surface area contributed by atoms with Gasteiger partial charge in [-0.1, -0.05) is 35.3 Å². The Morgan fingerprint density at radius 3 is 2.56 bits per heavy atom. The minimum absolute atomic E-state index is 0.106. The lowest BCUT2D eigenvalue weighted by Gasteiger charge is -2.11. The maximum absolute atomic E-state index is 12.4. The van der Waals surface area contributed by atoms with Gasteiger partial charge in [0.1, 0.15) is 17.3 Å². The Balaban J connectivity index is 1.22. The fraction of sp³-hybridized carbons (Fsp3) is 0. The lowest BCUT2D eigenvalue weighted by molar-refractivity contribution is -0.115. The first-order valence-electron chi connectivity index (χ1n) is 10.8. The van der Waals surface area contributed by atoms with Crippen LogP contribution in [0.15, 0.2) is 89.4 Å². The number of furan rings is 1. The molecule has 0 aliphatic rings. The highest BCUT2D eigenvalue weighted by Crippen LogP contribution is 2.29. The van der Waals surface area contributed by atoms with Gasteiger partial charge in [-0.2, -0.15) is 0 Å². The number of aromatic amines is 1. The number of anilines is 1. The van der Waals surface area contributed by atoms with Crippen LogP contribution in [0.25, 0.3) is 39.8 Å². The summed E-state index contributed by atoms with van der Waals surface area (Å²) in [5.41, 5.74) is 4.05. The predicted octanol–water partition coefficient (Wildman–Crippen LogP) is 7.32. The van der Waals surface area contributed by atoms with E-state index in [1.165, 1.54) is 6.08 Å². The molecule has 1 amide bonds. The summed E-state index contributed by atoms with van der Waals surface area (Å²) in [4.78, 5) is 20.3. The van der Waals surface area contributed by atoms with Gasteiger partial charge in [0.2, 0.25) is 5.91 Å². The molecule has 36 heavy (non-hydrogen) atoms. The van der Waals surface area contributed by atoms with E-state index in [2.05, 4.69) is 20.6 Å². The second kappa shape index (κ2) is 10.4. The number of amides is 1. The molecule has 3 aromatic carbocycles. The molecule has 9 heteroatoms. The fourth-order valence-corrected chi connectivity index (χ4v) is 4.04. The topological polar surface area (TPSA) is 82.9 Å². The van der Waals surface area contributed by atoms with Crippen LogP contribution in [0.1, 0.15) is 5.76 Å². The summed E-state index contributed by atoms with van der Waals surface area (Å²) in [5, 5.41) is 6.78. The van der Waals surface area contributed by atoms with Crippen molar-refractivity contribution in [3.05, 3.63) is 101 Å². The summed E-state index contributed by atoms with van der Waals surface area (Å²) in [7, 11) is 0. The van der Waals surface area contributed by atoms with Gasteiger partial charge in [0.15, 0.2) is 5.11 Å². The predicted molar refractivity (Wildman–Crippen MR) is 149 cm³/mol. The molecule has 0 atom stereocenters. The van der Waals surface area contributed by atoms with E-state index in [0.717, 1.165) is 22.2 Å². The van der Waals surface area contributed by atoms with Crippen molar-refractivity contribution in [3.8, 4) is 22.7 Å². The molecule has 0 saturated heterocycles. The van der Waals surface area contributed by atoms with Crippen LogP contribution in [0.4, 0.5) is 5.69 Å². The number of aromatic nitrogens is 2. The number of imidazole rings is 1. The number of carbonyl (C=O) groups excluding carboxylic acids is 1. The summed E-state index contributed by atoms with van der Waals surface area (Å²) in [6.07, 6.45) is 2.90. The van der Waals surface area contributed by atoms with Crippen molar-refractivity contribution < 1.29 is 9.21 Å². The summed E-state index contributed by atoms with van der Waals surface area (Å²) in [6.45, 7) is 0. The molecule has 0 spiro atoms. The largest absolute Gasteiger partial charge is 0.457 e. The molecule has 0 aliphatic carbocycles. The third kappa shape index (κ3) is 5.49. The molecule has 0 fully saturated rings. The van der Waals surface area contributed by atoms with Gasteiger partial charge in [0, 0.05) is 22.2 Å². The monoisotopic (exact) mass is 532 g/mol. The van der Waals surface area contributed by atoms with Gasteiger partial charge in [0.05, 0.1) is 21.7 Å². The zero-order chi connectivity index (χ0) is 25.1. The van der Waals surface area contributed by atoms with Crippen LogP contribution in [0, 0.1) is 0 Å². The zero-order valence-electron chi connectivity index (χ0n) is 18.6. The van der Waals surface area contributed by atoms with Crippen molar-refractivity contribution in [2.45, 2.75) is 0 Å². The maximum Gasteiger partial charge on any atom is 0.250 e. The van der Waals surface area contributed by atoms with Crippen molar-refractivity contribution in [1.82, 2.24) is 15.3 Å². The number of hydrogen-bond donors (Lipinski definition) is 3. The third-order valence-corrected chi connectivity index (χ3v) is 6.05. The minimum atomic E-state index is -0.415. The van der Waals surface area contributed by atoms with Crippen LogP contribution in [-0.2, 0) is 4.79 Å². The van der Waals surface area contributed by atoms with Crippen LogP contribution >= 0.6 is 35.4 Å². The number of fused-ring (bicyclic) bond motifs is 1. The van der Waals surface area contributed by atoms with Crippen LogP contribution in [0.3, 0.4) is 0 Å². The molecule has 3 N–H and O–H groups in total. The Bertz CT molecular complexity index is 1570. The van der Waals surface area contributed by atoms with Gasteiger partial charge in [-0.15, -0.1) is 0 Å². The standard InChI is InChI=1S/C27H18Cl2N4O2S/c28-18-8-5-16(6-9-18)24-13-10-19(35-24)11-14-25(34)33-27(36)32-23-15-17(7-12-20(23)29)26-30-21-3-1-2-4-22(21)31-26/h1-15H,(H,30,31)(H2,32,33,34,36). The van der Waals surface area contributed by atoms with Gasteiger partial charge in [-0.25, -0.2) is 4.98 Å². The molecule has 0 unspecified atom stereocenters. The Kier molecular flexibility index (Phi) is 6.86. The number of H-pyrrole nitrogens is 1. The van der Waals surface area contributed by atoms with Crippen LogP contribution < -0.4 is 10.6 Å². The molecule has 178 valence electrons. The van der Waals surface area contributed by atoms with E-state index in [1.54, 1.807) is 30.3 Å². The number of nitrogens with zero attached hydrogens (tertiary/aromatic N) is 1. The van der Waals surface area contributed by atoms with Crippen molar-refractivity contribution >= 4 is 69.2 Å². The van der Waals surface area contributed by atoms with Crippen LogP contribution in [-0.4, -0.2) is 21.0 Å². The first-order valence-corrected chi connectivity index (χ1v) is 12.0. The summed E-state index contributed by atoms with van der Waals surface area (Å²) in [5.74, 6) is 1.48. The molecule has 6 nitrogen and oxygen atoms in total. The van der Waals surface area contributed by atoms with Gasteiger partial charge in [0.25, 0.3) is 0 Å². The molecule has 5 rings (SSSR count). The van der Waals surface area contributed by atoms with Gasteiger partial charge < -0.3 is 14.7 Å². The Morgan fingerprint density at radius 1 is 0.972 bits per heavy atom. The van der Waals surface area contributed by atoms with E-state index in [0.29, 0.717) is 33.1 Å². The van der Waals surface area contributed by atoms with Crippen LogP contribution in [0.2, 0.25) is 10.0 Å². The summed E-state index contributed by atoms with van der Waals surface area (Å²) >= 11 is 17.6. The van der Waals surface area contributed by atoms with E-state index in [9.17, 15) is 4.79 Å². The number of nitrogens with one attached hydrogen (secondary N) is 3. The Labute approximate surface area is 222 Å². The first kappa shape index (κ1) is 23.8. The highest BCUT2D eigenvalue weighted by Gasteiger charge is 2.10. The second-order valence-corrected chi connectivity index (χ2v) is 9.03. The van der Waals surface area contributed by atoms with E-state index in [4.69, 9.17) is 39.8 Å². The van der Waals surface area contributed by atoms with Crippen LogP contribution in [0.5, 0.6) is 0 Å². The van der Waals surface area contributed by atoms with Crippen molar-refractivity contribution in [1.29, 1.82) is 0 Å². The number of halogens is 2. The number of hydrogen-bond acceptors (Lipinski definition) is 4. The van der Waals surface area contributed by atoms with Crippen molar-refractivity contribution in [2.24, 2.45) is 0 Å². The molecule has 2 aromatic heterocycles. The number of para-hydroxylation sites is 2. The van der Waals surface area contributed by atoms with Gasteiger partial charge >= 0.3 is 0 Å². The number of carbonyl (C=O) groups is 1. The van der Waals surface area contributed by atoms with Crippen molar-refractivity contribution in [2.75, 3.05) is 5.32 Å². The van der Waals surface area contributed by atoms with E-state index in [-0.39, 0.29) is 5.11 Å². The molecule has 5 aromatic rings. The lowest BCUT2D eigenvalue weighted by atomic mass is 10.2. The van der Waals surface area contributed by atoms with E-state index >= 15 is 0 Å². The number of thiocarbonyl (C=S) groups is 1. The highest BCUT2D eigenvalue weighted by molar-refractivity contribution is 7.80. The second-order valence-electron chi connectivity index (χ2n) is 7.78. The normalized spacial score (nSPS) is 11.2. The molecule has 0 aliphatic heterocycles. The van der Waals surface area contributed by atoms with E-state index < -0.39 is 5.91 Å². The molecular weight excluding hydrogens is 515 g/mol. The number of rotatable bonds is 5. The molecule has 2 heterocycles. The Hall–Kier alpha value is -3.91. The van der Waals surface area contributed by atoms with E-state index in [1.807, 2.05) is 54.6 Å². The van der Waals surface area contributed by atoms with Gasteiger partial charge in [-0.3, -0.25) is 10.1 Å². The van der Waals surface area contributed by atoms with Crippen molar-refractivity contribution in [3.63, 3.8) is 0 Å². The summed E-state index contributed by atoms with van der Waals surface area (Å²) in [6, 6.07) is 24.1. The average Bonchev–Trinajstić information content (AvgIpc) is 3.52. The average molecular weight is 533 g/mol. The molecule has 0 radical (unpaired) electrons. The minimum Gasteiger partial charge on any atom is -0.457 e. The highest BCUT2D eigenvalue weighted by atomic mass is 35.5. The third-order valence-electron chi connectivity index (χ3n) is 5.27. The zero-order valence-corrected chi connectivity index (χ0v) is 20.9. The first-order chi connectivity index (χ1) is 17.4. The SMILES string of the molecule is O=C(C=Cc1ccc(-c2ccc(Cl)cc2)o1)NC(=S)Nc1cc(-c2nc3ccccc3[nH]2)ccc1Cl. The molecule has 0 saturated carbocycles. The maximum atomic E-state index is 12.4. The van der Waals surface area contributed by atoms with Gasteiger partial charge in [-0.05, 0) is 85.0 Å². The lowest BCUT2D eigenvalue weighted by Crippen LogP contribution is -2.32. The number of benzene rings is 3. The quantitative estimate of drug-likeness (QED) is 0.163. The summed E-state index contributed by atoms with van der Waals surface area (Å²) < 4.78 is 5.77. The fourth-order valence-electron chi connectivity index (χ4n) is 3.53.